The van der Waals surface area contributed by atoms with Crippen molar-refractivity contribution in [3.8, 4) is 0 Å². The summed E-state index contributed by atoms with van der Waals surface area (Å²) in [6, 6.07) is 0.741. The summed E-state index contributed by atoms with van der Waals surface area (Å²) in [7, 11) is 1.72. The van der Waals surface area contributed by atoms with E-state index in [4.69, 9.17) is 9.84 Å². The van der Waals surface area contributed by atoms with Gasteiger partial charge in [0.2, 0.25) is 0 Å². The number of carboxylic acid groups (broad SMARTS) is 1. The van der Waals surface area contributed by atoms with Crippen molar-refractivity contribution < 1.29 is 14.6 Å². The van der Waals surface area contributed by atoms with Crippen LogP contribution in [0.3, 0.4) is 0 Å². The van der Waals surface area contributed by atoms with Gasteiger partial charge in [0.05, 0.1) is 6.61 Å². The number of hydrogen-bond donors (Lipinski definition) is 1. The first-order valence-corrected chi connectivity index (χ1v) is 5.69. The summed E-state index contributed by atoms with van der Waals surface area (Å²) in [5.41, 5.74) is 0. The van der Waals surface area contributed by atoms with Crippen LogP contribution in [-0.4, -0.2) is 48.8 Å². The largest absolute Gasteiger partial charge is 0.481 e. The number of hydrogen-bond acceptors (Lipinski definition) is 3. The molecular weight excluding hydrogens is 194 g/mol. The Morgan fingerprint density at radius 1 is 1.40 bits per heavy atom. The van der Waals surface area contributed by atoms with Crippen molar-refractivity contribution in [3.05, 3.63) is 0 Å². The van der Waals surface area contributed by atoms with E-state index in [0.29, 0.717) is 6.42 Å². The summed E-state index contributed by atoms with van der Waals surface area (Å²) >= 11 is 0. The van der Waals surface area contributed by atoms with Gasteiger partial charge in [-0.25, -0.2) is 0 Å². The smallest absolute Gasteiger partial charge is 0.303 e. The van der Waals surface area contributed by atoms with Crippen LogP contribution in [0.1, 0.15) is 32.1 Å². The van der Waals surface area contributed by atoms with E-state index in [0.717, 1.165) is 38.6 Å². The lowest BCUT2D eigenvalue weighted by molar-refractivity contribution is -0.137. The molecular formula is C11H21NO3. The highest BCUT2D eigenvalue weighted by atomic mass is 16.5. The van der Waals surface area contributed by atoms with Crippen molar-refractivity contribution in [1.82, 2.24) is 4.90 Å². The molecule has 88 valence electrons. The highest BCUT2D eigenvalue weighted by Gasteiger charge is 2.27. The molecule has 0 aromatic rings. The zero-order chi connectivity index (χ0) is 11.1. The van der Waals surface area contributed by atoms with E-state index < -0.39 is 5.97 Å². The molecule has 0 heterocycles. The predicted octanol–water partition coefficient (Wildman–Crippen LogP) is 1.35. The molecule has 0 bridgehead atoms. The minimum atomic E-state index is -0.690. The number of methoxy groups -OCH3 is 1. The van der Waals surface area contributed by atoms with Crippen LogP contribution < -0.4 is 0 Å². The fraction of sp³-hybridized carbons (Fsp3) is 0.909. The van der Waals surface area contributed by atoms with Gasteiger partial charge in [-0.05, 0) is 32.2 Å². The van der Waals surface area contributed by atoms with Gasteiger partial charge in [0.25, 0.3) is 0 Å². The van der Waals surface area contributed by atoms with Crippen molar-refractivity contribution in [3.63, 3.8) is 0 Å². The summed E-state index contributed by atoms with van der Waals surface area (Å²) in [5.74, 6) is -0.690. The SMILES string of the molecule is COCCN(CCCCC(=O)O)C1CC1. The summed E-state index contributed by atoms with van der Waals surface area (Å²) in [4.78, 5) is 12.8. The Kier molecular flexibility index (Phi) is 5.65. The third kappa shape index (κ3) is 5.74. The van der Waals surface area contributed by atoms with E-state index in [2.05, 4.69) is 4.90 Å². The predicted molar refractivity (Wildman–Crippen MR) is 58.0 cm³/mol. The summed E-state index contributed by atoms with van der Waals surface area (Å²) in [6.45, 7) is 2.77. The lowest BCUT2D eigenvalue weighted by Crippen LogP contribution is -2.30. The fourth-order valence-electron chi connectivity index (χ4n) is 1.72. The van der Waals surface area contributed by atoms with Crippen LogP contribution in [0.4, 0.5) is 0 Å². The molecule has 1 aliphatic rings. The molecule has 15 heavy (non-hydrogen) atoms. The molecule has 0 amide bonds. The number of rotatable bonds is 9. The molecule has 0 aliphatic heterocycles. The zero-order valence-electron chi connectivity index (χ0n) is 9.45. The number of ether oxygens (including phenoxy) is 1. The van der Waals surface area contributed by atoms with Gasteiger partial charge >= 0.3 is 5.97 Å². The van der Waals surface area contributed by atoms with E-state index in [1.807, 2.05) is 0 Å². The Balaban J connectivity index is 2.06. The molecule has 1 fully saturated rings. The third-order valence-corrected chi connectivity index (χ3v) is 2.73. The van der Waals surface area contributed by atoms with Gasteiger partial charge in [0.15, 0.2) is 0 Å². The highest BCUT2D eigenvalue weighted by molar-refractivity contribution is 5.66. The Labute approximate surface area is 91.2 Å². The van der Waals surface area contributed by atoms with E-state index >= 15 is 0 Å². The van der Waals surface area contributed by atoms with E-state index in [-0.39, 0.29) is 0 Å². The summed E-state index contributed by atoms with van der Waals surface area (Å²) in [6.07, 6.45) is 4.64. The van der Waals surface area contributed by atoms with E-state index in [1.165, 1.54) is 12.8 Å². The van der Waals surface area contributed by atoms with Crippen LogP contribution in [0.25, 0.3) is 0 Å². The maximum absolute atomic E-state index is 10.3. The first kappa shape index (κ1) is 12.5. The number of aliphatic carboxylic acids is 1. The van der Waals surface area contributed by atoms with Crippen molar-refractivity contribution >= 4 is 5.97 Å². The van der Waals surface area contributed by atoms with E-state index in [1.54, 1.807) is 7.11 Å². The average molecular weight is 215 g/mol. The minimum Gasteiger partial charge on any atom is -0.481 e. The number of carbonyl (C=O) groups is 1. The third-order valence-electron chi connectivity index (χ3n) is 2.73. The molecule has 4 nitrogen and oxygen atoms in total. The molecule has 0 saturated heterocycles. The van der Waals surface area contributed by atoms with Gasteiger partial charge in [-0.15, -0.1) is 0 Å². The first-order chi connectivity index (χ1) is 7.24. The van der Waals surface area contributed by atoms with Crippen LogP contribution in [0.2, 0.25) is 0 Å². The number of nitrogens with zero attached hydrogens (tertiary/aromatic N) is 1. The van der Waals surface area contributed by atoms with E-state index in [9.17, 15) is 4.79 Å². The molecule has 1 aliphatic carbocycles. The fourth-order valence-corrected chi connectivity index (χ4v) is 1.72. The van der Waals surface area contributed by atoms with Crippen LogP contribution >= 0.6 is 0 Å². The molecule has 1 N–H and O–H groups in total. The topological polar surface area (TPSA) is 49.8 Å². The average Bonchev–Trinajstić information content (AvgIpc) is 3.00. The van der Waals surface area contributed by atoms with Crippen LogP contribution in [0.15, 0.2) is 0 Å². The Hall–Kier alpha value is -0.610. The van der Waals surface area contributed by atoms with Crippen molar-refractivity contribution in [2.24, 2.45) is 0 Å². The summed E-state index contributed by atoms with van der Waals surface area (Å²) in [5, 5.41) is 8.51. The van der Waals surface area contributed by atoms with Crippen LogP contribution in [0, 0.1) is 0 Å². The van der Waals surface area contributed by atoms with Crippen molar-refractivity contribution in [2.45, 2.75) is 38.1 Å². The van der Waals surface area contributed by atoms with Gasteiger partial charge < -0.3 is 9.84 Å². The first-order valence-electron chi connectivity index (χ1n) is 5.69. The normalized spacial score (nSPS) is 15.9. The lowest BCUT2D eigenvalue weighted by Gasteiger charge is -2.21. The van der Waals surface area contributed by atoms with Gasteiger partial charge in [-0.2, -0.15) is 0 Å². The number of unbranched alkanes of at least 4 members (excludes halogenated alkanes) is 1. The van der Waals surface area contributed by atoms with Gasteiger partial charge in [-0.1, -0.05) is 0 Å². The van der Waals surface area contributed by atoms with Crippen molar-refractivity contribution in [2.75, 3.05) is 26.8 Å². The van der Waals surface area contributed by atoms with Gasteiger partial charge in [0, 0.05) is 26.1 Å². The lowest BCUT2D eigenvalue weighted by atomic mass is 10.2. The summed E-state index contributed by atoms with van der Waals surface area (Å²) < 4.78 is 5.06. The second-order valence-corrected chi connectivity index (χ2v) is 4.11. The van der Waals surface area contributed by atoms with Gasteiger partial charge in [-0.3, -0.25) is 9.69 Å². The van der Waals surface area contributed by atoms with Crippen LogP contribution in [-0.2, 0) is 9.53 Å². The Morgan fingerprint density at radius 3 is 2.67 bits per heavy atom. The Bertz CT molecular complexity index is 192. The molecule has 0 aromatic heterocycles. The Morgan fingerprint density at radius 2 is 2.13 bits per heavy atom. The quantitative estimate of drug-likeness (QED) is 0.590. The molecule has 4 heteroatoms. The molecule has 0 aromatic carbocycles. The van der Waals surface area contributed by atoms with Crippen LogP contribution in [0.5, 0.6) is 0 Å². The highest BCUT2D eigenvalue weighted by Crippen LogP contribution is 2.26. The molecule has 0 atom stereocenters. The molecule has 0 spiro atoms. The molecule has 1 saturated carbocycles. The second kappa shape index (κ2) is 6.80. The van der Waals surface area contributed by atoms with Crippen molar-refractivity contribution in [1.29, 1.82) is 0 Å². The maximum atomic E-state index is 10.3. The zero-order valence-corrected chi connectivity index (χ0v) is 9.45. The number of carboxylic acids is 1. The standard InChI is InChI=1S/C11H21NO3/c1-15-9-8-12(10-5-6-10)7-3-2-4-11(13)14/h10H,2-9H2,1H3,(H,13,14). The molecule has 0 radical (unpaired) electrons. The monoisotopic (exact) mass is 215 g/mol. The minimum absolute atomic E-state index is 0.294. The molecule has 1 rings (SSSR count). The second-order valence-electron chi connectivity index (χ2n) is 4.11. The molecule has 0 unspecified atom stereocenters. The maximum Gasteiger partial charge on any atom is 0.303 e. The van der Waals surface area contributed by atoms with Gasteiger partial charge in [0.1, 0.15) is 0 Å².